The first-order valence-electron chi connectivity index (χ1n) is 8.37. The van der Waals surface area contributed by atoms with Crippen molar-refractivity contribution in [2.45, 2.75) is 39.3 Å². The van der Waals surface area contributed by atoms with E-state index in [1.54, 1.807) is 7.11 Å². The molecule has 1 rings (SSSR count). The van der Waals surface area contributed by atoms with Crippen molar-refractivity contribution in [3.8, 4) is 5.75 Å². The average molecular weight is 448 g/mol. The number of halogens is 1. The van der Waals surface area contributed by atoms with Crippen LogP contribution in [0.4, 0.5) is 0 Å². The minimum absolute atomic E-state index is 0. The Morgan fingerprint density at radius 2 is 2.00 bits per heavy atom. The third-order valence-corrected chi connectivity index (χ3v) is 3.86. The average Bonchev–Trinajstić information content (AvgIpc) is 2.54. The summed E-state index contributed by atoms with van der Waals surface area (Å²) in [5, 5.41) is 6.74. The largest absolute Gasteiger partial charge is 0.497 e. The van der Waals surface area contributed by atoms with Gasteiger partial charge in [-0.3, -0.25) is 4.99 Å². The molecule has 24 heavy (non-hydrogen) atoms. The van der Waals surface area contributed by atoms with Gasteiger partial charge in [0.1, 0.15) is 5.75 Å². The number of rotatable bonds is 8. The highest BCUT2D eigenvalue weighted by Crippen LogP contribution is 2.22. The monoisotopic (exact) mass is 448 g/mol. The molecule has 0 aliphatic rings. The first-order chi connectivity index (χ1) is 11.0. The van der Waals surface area contributed by atoms with Crippen LogP contribution in [0.5, 0.6) is 5.75 Å². The third kappa shape index (κ3) is 7.70. The first kappa shape index (κ1) is 23.0. The maximum Gasteiger partial charge on any atom is 0.191 e. The molecule has 2 atom stereocenters. The van der Waals surface area contributed by atoms with Crippen molar-refractivity contribution >= 4 is 29.9 Å². The Morgan fingerprint density at radius 3 is 2.54 bits per heavy atom. The highest BCUT2D eigenvalue weighted by atomic mass is 127. The summed E-state index contributed by atoms with van der Waals surface area (Å²) in [6.07, 6.45) is 1.07. The fourth-order valence-corrected chi connectivity index (χ4v) is 2.25. The molecule has 0 aliphatic heterocycles. The number of nitrogens with zero attached hydrogens (tertiary/aromatic N) is 2. The summed E-state index contributed by atoms with van der Waals surface area (Å²) in [5.74, 6) is 1.75. The van der Waals surface area contributed by atoms with Crippen molar-refractivity contribution in [1.29, 1.82) is 0 Å². The van der Waals surface area contributed by atoms with Crippen LogP contribution in [0.15, 0.2) is 29.3 Å². The number of hydrogen-bond acceptors (Lipinski definition) is 3. The summed E-state index contributed by atoms with van der Waals surface area (Å²) in [4.78, 5) is 6.95. The highest BCUT2D eigenvalue weighted by molar-refractivity contribution is 14.0. The molecule has 0 aromatic heterocycles. The number of guanidine groups is 1. The molecular formula is C18H33IN4O. The van der Waals surface area contributed by atoms with Gasteiger partial charge in [0.15, 0.2) is 5.96 Å². The van der Waals surface area contributed by atoms with E-state index >= 15 is 0 Å². The molecule has 0 saturated heterocycles. The van der Waals surface area contributed by atoms with Crippen molar-refractivity contribution in [2.24, 2.45) is 4.99 Å². The summed E-state index contributed by atoms with van der Waals surface area (Å²) in [5.41, 5.74) is 1.21. The van der Waals surface area contributed by atoms with Gasteiger partial charge in [-0.25, -0.2) is 0 Å². The molecule has 0 bridgehead atoms. The highest BCUT2D eigenvalue weighted by Gasteiger charge is 2.15. The third-order valence-electron chi connectivity index (χ3n) is 3.86. The summed E-state index contributed by atoms with van der Waals surface area (Å²) < 4.78 is 5.34. The van der Waals surface area contributed by atoms with Gasteiger partial charge in [0.2, 0.25) is 0 Å². The van der Waals surface area contributed by atoms with Crippen LogP contribution >= 0.6 is 24.0 Å². The van der Waals surface area contributed by atoms with E-state index in [1.807, 2.05) is 12.1 Å². The zero-order valence-electron chi connectivity index (χ0n) is 15.8. The van der Waals surface area contributed by atoms with Gasteiger partial charge in [-0.1, -0.05) is 19.1 Å². The molecule has 1 aromatic carbocycles. The number of ether oxygens (including phenoxy) is 1. The lowest BCUT2D eigenvalue weighted by molar-refractivity contribution is 0.305. The van der Waals surface area contributed by atoms with Gasteiger partial charge in [-0.15, -0.1) is 24.0 Å². The second kappa shape index (κ2) is 12.4. The van der Waals surface area contributed by atoms with Crippen molar-refractivity contribution in [1.82, 2.24) is 15.5 Å². The fourth-order valence-electron chi connectivity index (χ4n) is 2.25. The molecule has 2 unspecified atom stereocenters. The van der Waals surface area contributed by atoms with Gasteiger partial charge in [-0.05, 0) is 52.1 Å². The molecule has 0 fully saturated rings. The number of methoxy groups -OCH3 is 1. The van der Waals surface area contributed by atoms with Gasteiger partial charge in [0.05, 0.1) is 19.7 Å². The molecule has 0 heterocycles. The van der Waals surface area contributed by atoms with Crippen LogP contribution in [0.2, 0.25) is 0 Å². The van der Waals surface area contributed by atoms with E-state index in [-0.39, 0.29) is 30.0 Å². The molecule has 5 nitrogen and oxygen atoms in total. The molecule has 0 spiro atoms. The standard InChI is InChI=1S/C18H32N4O.HI/c1-7-14(3)21-18(19-8-2)20-13-17(22(4)5)15-10-9-11-16(12-15)23-6;/h9-12,14,17H,7-8,13H2,1-6H3,(H2,19,20,21);1H. The summed E-state index contributed by atoms with van der Waals surface area (Å²) >= 11 is 0. The van der Waals surface area contributed by atoms with Gasteiger partial charge in [0.25, 0.3) is 0 Å². The summed E-state index contributed by atoms with van der Waals surface area (Å²) in [7, 11) is 5.85. The normalized spacial score (nSPS) is 13.9. The number of benzene rings is 1. The van der Waals surface area contributed by atoms with Crippen molar-refractivity contribution in [3.05, 3.63) is 29.8 Å². The zero-order chi connectivity index (χ0) is 17.2. The van der Waals surface area contributed by atoms with Crippen molar-refractivity contribution in [2.75, 3.05) is 34.3 Å². The lowest BCUT2D eigenvalue weighted by Crippen LogP contribution is -2.42. The molecule has 0 aliphatic carbocycles. The number of aliphatic imine (C=N–C) groups is 1. The Hall–Kier alpha value is -1.02. The lowest BCUT2D eigenvalue weighted by atomic mass is 10.1. The topological polar surface area (TPSA) is 48.9 Å². The molecule has 0 saturated carbocycles. The minimum atomic E-state index is 0. The zero-order valence-corrected chi connectivity index (χ0v) is 18.1. The predicted octanol–water partition coefficient (Wildman–Crippen LogP) is 3.27. The molecule has 2 N–H and O–H groups in total. The Labute approximate surface area is 164 Å². The number of likely N-dealkylation sites (N-methyl/N-ethyl adjacent to an activating group) is 1. The summed E-state index contributed by atoms with van der Waals surface area (Å²) in [6, 6.07) is 8.80. The Kier molecular flexibility index (Phi) is 11.8. The van der Waals surface area contributed by atoms with Gasteiger partial charge in [-0.2, -0.15) is 0 Å². The van der Waals surface area contributed by atoms with Crippen LogP contribution in [0.1, 0.15) is 38.8 Å². The molecule has 1 aromatic rings. The van der Waals surface area contributed by atoms with E-state index in [0.29, 0.717) is 12.6 Å². The van der Waals surface area contributed by atoms with Crippen LogP contribution < -0.4 is 15.4 Å². The number of hydrogen-bond donors (Lipinski definition) is 2. The van der Waals surface area contributed by atoms with Crippen LogP contribution in [-0.2, 0) is 0 Å². The second-order valence-corrected chi connectivity index (χ2v) is 5.93. The second-order valence-electron chi connectivity index (χ2n) is 5.93. The Balaban J connectivity index is 0.00000529. The van der Waals surface area contributed by atoms with Gasteiger partial charge in [0, 0.05) is 12.6 Å². The Bertz CT molecular complexity index is 494. The molecule has 0 radical (unpaired) electrons. The van der Waals surface area contributed by atoms with E-state index in [2.05, 4.69) is 62.5 Å². The molecule has 0 amide bonds. The predicted molar refractivity (Wildman–Crippen MR) is 114 cm³/mol. The number of nitrogens with one attached hydrogen (secondary N) is 2. The van der Waals surface area contributed by atoms with Crippen LogP contribution in [0.3, 0.4) is 0 Å². The smallest absolute Gasteiger partial charge is 0.191 e. The first-order valence-corrected chi connectivity index (χ1v) is 8.37. The minimum Gasteiger partial charge on any atom is -0.497 e. The van der Waals surface area contributed by atoms with Crippen molar-refractivity contribution in [3.63, 3.8) is 0 Å². The van der Waals surface area contributed by atoms with Crippen molar-refractivity contribution < 1.29 is 4.74 Å². The Morgan fingerprint density at radius 1 is 1.29 bits per heavy atom. The summed E-state index contributed by atoms with van der Waals surface area (Å²) in [6.45, 7) is 7.96. The van der Waals surface area contributed by atoms with E-state index in [4.69, 9.17) is 9.73 Å². The SMILES string of the molecule is CCNC(=NCC(c1cccc(OC)c1)N(C)C)NC(C)CC.I. The van der Waals surface area contributed by atoms with E-state index in [9.17, 15) is 0 Å². The maximum atomic E-state index is 5.34. The van der Waals surface area contributed by atoms with E-state index < -0.39 is 0 Å². The fraction of sp³-hybridized carbons (Fsp3) is 0.611. The van der Waals surface area contributed by atoms with E-state index in [0.717, 1.165) is 24.7 Å². The van der Waals surface area contributed by atoms with Crippen LogP contribution in [0.25, 0.3) is 0 Å². The molecular weight excluding hydrogens is 415 g/mol. The molecule has 138 valence electrons. The lowest BCUT2D eigenvalue weighted by Gasteiger charge is -2.24. The quantitative estimate of drug-likeness (QED) is 0.364. The van der Waals surface area contributed by atoms with Gasteiger partial charge < -0.3 is 20.3 Å². The molecule has 6 heteroatoms. The maximum absolute atomic E-state index is 5.34. The van der Waals surface area contributed by atoms with Crippen LogP contribution in [-0.4, -0.2) is 51.2 Å². The van der Waals surface area contributed by atoms with Gasteiger partial charge >= 0.3 is 0 Å². The van der Waals surface area contributed by atoms with E-state index in [1.165, 1.54) is 5.56 Å². The van der Waals surface area contributed by atoms with Crippen LogP contribution in [0, 0.1) is 0 Å².